The molecule has 0 bridgehead atoms. The Hall–Kier alpha value is -0.610. The predicted octanol–water partition coefficient (Wildman–Crippen LogP) is 0.603. The molecule has 16 heavy (non-hydrogen) atoms. The lowest BCUT2D eigenvalue weighted by Gasteiger charge is -2.22. The van der Waals surface area contributed by atoms with Crippen LogP contribution in [-0.2, 0) is 4.79 Å². The Kier molecular flexibility index (Phi) is 5.22. The van der Waals surface area contributed by atoms with Crippen LogP contribution in [0, 0.1) is 11.8 Å². The van der Waals surface area contributed by atoms with Crippen LogP contribution in [0.1, 0.15) is 39.5 Å². The summed E-state index contributed by atoms with van der Waals surface area (Å²) >= 11 is 0. The summed E-state index contributed by atoms with van der Waals surface area (Å²) in [5, 5.41) is 3.04. The van der Waals surface area contributed by atoms with E-state index < -0.39 is 0 Å². The molecule has 0 heterocycles. The first-order chi connectivity index (χ1) is 7.54. The highest BCUT2D eigenvalue weighted by Gasteiger charge is 2.28. The monoisotopic (exact) mass is 227 g/mol. The van der Waals surface area contributed by atoms with Gasteiger partial charge in [0.05, 0.1) is 6.04 Å². The van der Waals surface area contributed by atoms with Crippen molar-refractivity contribution in [1.82, 2.24) is 5.32 Å². The number of amides is 1. The van der Waals surface area contributed by atoms with Gasteiger partial charge in [0.1, 0.15) is 0 Å². The van der Waals surface area contributed by atoms with Gasteiger partial charge >= 0.3 is 0 Å². The van der Waals surface area contributed by atoms with E-state index in [1.54, 1.807) is 0 Å². The molecule has 5 N–H and O–H groups in total. The molecule has 2 unspecified atom stereocenters. The molecule has 4 heteroatoms. The van der Waals surface area contributed by atoms with Crippen molar-refractivity contribution in [3.63, 3.8) is 0 Å². The number of carbonyl (C=O) groups is 1. The first-order valence-corrected chi connectivity index (χ1v) is 6.30. The van der Waals surface area contributed by atoms with E-state index in [1.807, 2.05) is 0 Å². The molecule has 0 saturated heterocycles. The Morgan fingerprint density at radius 3 is 2.69 bits per heavy atom. The normalized spacial score (nSPS) is 27.1. The third kappa shape index (κ3) is 3.76. The highest BCUT2D eigenvalue weighted by Crippen LogP contribution is 2.24. The number of rotatable bonds is 5. The van der Waals surface area contributed by atoms with Crippen molar-refractivity contribution < 1.29 is 4.79 Å². The average molecular weight is 227 g/mol. The molecular weight excluding hydrogens is 202 g/mol. The lowest BCUT2D eigenvalue weighted by molar-refractivity contribution is -0.123. The summed E-state index contributed by atoms with van der Waals surface area (Å²) in [6, 6.07) is -0.130. The molecule has 0 aromatic carbocycles. The van der Waals surface area contributed by atoms with Crippen molar-refractivity contribution in [3.05, 3.63) is 0 Å². The largest absolute Gasteiger partial charge is 0.352 e. The summed E-state index contributed by atoms with van der Waals surface area (Å²) in [4.78, 5) is 11.8. The number of hydrogen-bond acceptors (Lipinski definition) is 3. The third-order valence-electron chi connectivity index (χ3n) is 3.35. The molecule has 1 aliphatic rings. The lowest BCUT2D eigenvalue weighted by Crippen LogP contribution is -2.48. The van der Waals surface area contributed by atoms with Crippen LogP contribution in [0.25, 0.3) is 0 Å². The van der Waals surface area contributed by atoms with Gasteiger partial charge in [0.15, 0.2) is 0 Å². The lowest BCUT2D eigenvalue weighted by atomic mass is 10.0. The predicted molar refractivity (Wildman–Crippen MR) is 65.8 cm³/mol. The van der Waals surface area contributed by atoms with E-state index in [2.05, 4.69) is 19.2 Å². The summed E-state index contributed by atoms with van der Waals surface area (Å²) in [7, 11) is 0. The molecule has 0 aromatic rings. The molecule has 1 aliphatic carbocycles. The zero-order valence-corrected chi connectivity index (χ0v) is 10.4. The van der Waals surface area contributed by atoms with Crippen molar-refractivity contribution in [1.29, 1.82) is 0 Å². The minimum absolute atomic E-state index is 0.0148. The zero-order chi connectivity index (χ0) is 12.1. The van der Waals surface area contributed by atoms with Crippen LogP contribution in [0.15, 0.2) is 0 Å². The third-order valence-corrected chi connectivity index (χ3v) is 3.35. The second-order valence-electron chi connectivity index (χ2n) is 5.28. The van der Waals surface area contributed by atoms with Crippen LogP contribution in [0.3, 0.4) is 0 Å². The molecular formula is C12H25N3O. The minimum Gasteiger partial charge on any atom is -0.352 e. The molecule has 3 atom stereocenters. The second kappa shape index (κ2) is 6.21. The van der Waals surface area contributed by atoms with Gasteiger partial charge < -0.3 is 16.8 Å². The van der Waals surface area contributed by atoms with Gasteiger partial charge in [0, 0.05) is 6.04 Å². The topological polar surface area (TPSA) is 81.1 Å². The fourth-order valence-corrected chi connectivity index (χ4v) is 2.41. The molecule has 0 aromatic heterocycles. The summed E-state index contributed by atoms with van der Waals surface area (Å²) in [5.74, 6) is 0.879. The fraction of sp³-hybridized carbons (Fsp3) is 0.917. The number of nitrogens with one attached hydrogen (secondary N) is 1. The summed E-state index contributed by atoms with van der Waals surface area (Å²) in [6.07, 6.45) is 4.07. The fourth-order valence-electron chi connectivity index (χ4n) is 2.41. The Morgan fingerprint density at radius 1 is 1.44 bits per heavy atom. The van der Waals surface area contributed by atoms with E-state index in [1.165, 1.54) is 0 Å². The van der Waals surface area contributed by atoms with Crippen LogP contribution in [0.4, 0.5) is 0 Å². The van der Waals surface area contributed by atoms with E-state index in [0.29, 0.717) is 18.4 Å². The Labute approximate surface area is 98.1 Å². The average Bonchev–Trinajstić information content (AvgIpc) is 2.64. The van der Waals surface area contributed by atoms with E-state index in [4.69, 9.17) is 11.5 Å². The highest BCUT2D eigenvalue weighted by atomic mass is 16.2. The standard InChI is InChI=1S/C12H25N3O/c1-8(2)6-10(14)12(16)15-11-5-3-4-9(11)7-13/h8-11H,3-7,13-14H2,1-2H3,(H,15,16)/t9?,10-,11?/m0/s1. The van der Waals surface area contributed by atoms with Gasteiger partial charge in [-0.05, 0) is 37.6 Å². The highest BCUT2D eigenvalue weighted by molar-refractivity contribution is 5.81. The van der Waals surface area contributed by atoms with E-state index in [-0.39, 0.29) is 18.0 Å². The van der Waals surface area contributed by atoms with Gasteiger partial charge in [-0.3, -0.25) is 4.79 Å². The molecule has 94 valence electrons. The van der Waals surface area contributed by atoms with E-state index >= 15 is 0 Å². The maximum Gasteiger partial charge on any atom is 0.237 e. The number of hydrogen-bond donors (Lipinski definition) is 3. The van der Waals surface area contributed by atoms with Crippen molar-refractivity contribution in [2.75, 3.05) is 6.54 Å². The maximum absolute atomic E-state index is 11.8. The Bertz CT molecular complexity index is 230. The smallest absolute Gasteiger partial charge is 0.237 e. The van der Waals surface area contributed by atoms with Gasteiger partial charge in [-0.15, -0.1) is 0 Å². The number of nitrogens with two attached hydrogens (primary N) is 2. The van der Waals surface area contributed by atoms with E-state index in [0.717, 1.165) is 25.7 Å². The van der Waals surface area contributed by atoms with Gasteiger partial charge in [-0.1, -0.05) is 20.3 Å². The van der Waals surface area contributed by atoms with Crippen molar-refractivity contribution in [3.8, 4) is 0 Å². The first-order valence-electron chi connectivity index (χ1n) is 6.30. The van der Waals surface area contributed by atoms with Gasteiger partial charge in [0.25, 0.3) is 0 Å². The summed E-state index contributed by atoms with van der Waals surface area (Å²) in [5.41, 5.74) is 11.5. The van der Waals surface area contributed by atoms with Crippen LogP contribution >= 0.6 is 0 Å². The Morgan fingerprint density at radius 2 is 2.12 bits per heavy atom. The Balaban J connectivity index is 2.38. The van der Waals surface area contributed by atoms with Gasteiger partial charge in [-0.25, -0.2) is 0 Å². The molecule has 0 radical (unpaired) electrons. The minimum atomic E-state index is -0.376. The van der Waals surface area contributed by atoms with Gasteiger partial charge in [-0.2, -0.15) is 0 Å². The van der Waals surface area contributed by atoms with Crippen molar-refractivity contribution in [2.45, 2.75) is 51.6 Å². The van der Waals surface area contributed by atoms with Crippen LogP contribution in [-0.4, -0.2) is 24.5 Å². The van der Waals surface area contributed by atoms with Crippen LogP contribution < -0.4 is 16.8 Å². The van der Waals surface area contributed by atoms with Crippen LogP contribution in [0.5, 0.6) is 0 Å². The quantitative estimate of drug-likeness (QED) is 0.643. The number of carbonyl (C=O) groups excluding carboxylic acids is 1. The molecule has 1 amide bonds. The molecule has 1 fully saturated rings. The van der Waals surface area contributed by atoms with Crippen molar-refractivity contribution >= 4 is 5.91 Å². The summed E-state index contributed by atoms with van der Waals surface area (Å²) in [6.45, 7) is 4.81. The first kappa shape index (κ1) is 13.5. The molecule has 1 rings (SSSR count). The second-order valence-corrected chi connectivity index (χ2v) is 5.28. The molecule has 1 saturated carbocycles. The van der Waals surface area contributed by atoms with Crippen LogP contribution in [0.2, 0.25) is 0 Å². The summed E-state index contributed by atoms with van der Waals surface area (Å²) < 4.78 is 0. The molecule has 0 spiro atoms. The molecule has 4 nitrogen and oxygen atoms in total. The SMILES string of the molecule is CC(C)C[C@H](N)C(=O)NC1CCCC1CN. The molecule has 0 aliphatic heterocycles. The zero-order valence-electron chi connectivity index (χ0n) is 10.4. The maximum atomic E-state index is 11.8. The van der Waals surface area contributed by atoms with E-state index in [9.17, 15) is 4.79 Å². The van der Waals surface area contributed by atoms with Crippen molar-refractivity contribution in [2.24, 2.45) is 23.3 Å². The van der Waals surface area contributed by atoms with Gasteiger partial charge in [0.2, 0.25) is 5.91 Å².